The molecule has 0 radical (unpaired) electrons. The highest BCUT2D eigenvalue weighted by atomic mass is 14.7. The third-order valence-electron chi connectivity index (χ3n) is 1.12. The van der Waals surface area contributed by atoms with E-state index in [4.69, 9.17) is 11.5 Å². The summed E-state index contributed by atoms with van der Waals surface area (Å²) in [6.45, 7) is 3.64. The summed E-state index contributed by atoms with van der Waals surface area (Å²) < 4.78 is 0. The van der Waals surface area contributed by atoms with Crippen molar-refractivity contribution in [2.24, 2.45) is 11.5 Å². The summed E-state index contributed by atoms with van der Waals surface area (Å²) in [6, 6.07) is 0. The molecule has 42 valence electrons. The fraction of sp³-hybridized carbons (Fsp3) is 0. The van der Waals surface area contributed by atoms with E-state index in [9.17, 15) is 0 Å². The molecule has 0 atom stereocenters. The SMILES string of the molecule is C=C1C=CC(N)=C1N. The Morgan fingerprint density at radius 2 is 1.88 bits per heavy atom. The van der Waals surface area contributed by atoms with Gasteiger partial charge in [0.2, 0.25) is 0 Å². The molecular weight excluding hydrogens is 100 g/mol. The fourth-order valence-electron chi connectivity index (χ4n) is 0.555. The second-order valence-electron chi connectivity index (χ2n) is 1.73. The van der Waals surface area contributed by atoms with Crippen molar-refractivity contribution >= 4 is 0 Å². The van der Waals surface area contributed by atoms with Gasteiger partial charge in [-0.05, 0) is 11.6 Å². The summed E-state index contributed by atoms with van der Waals surface area (Å²) >= 11 is 0. The van der Waals surface area contributed by atoms with Crippen LogP contribution in [0.25, 0.3) is 0 Å². The Balaban J connectivity index is 3.02. The molecule has 0 aromatic rings. The molecule has 0 saturated heterocycles. The third kappa shape index (κ3) is 0.503. The standard InChI is InChI=1S/C6H8N2/c1-4-2-3-5(7)6(4)8/h2-3H,1,7-8H2. The van der Waals surface area contributed by atoms with Crippen LogP contribution in [0, 0.1) is 0 Å². The zero-order chi connectivity index (χ0) is 6.15. The lowest BCUT2D eigenvalue weighted by atomic mass is 10.3. The van der Waals surface area contributed by atoms with Crippen LogP contribution < -0.4 is 11.5 Å². The predicted molar refractivity (Wildman–Crippen MR) is 33.7 cm³/mol. The highest BCUT2D eigenvalue weighted by Crippen LogP contribution is 2.13. The molecule has 0 heterocycles. The van der Waals surface area contributed by atoms with Gasteiger partial charge in [-0.1, -0.05) is 12.7 Å². The van der Waals surface area contributed by atoms with Gasteiger partial charge >= 0.3 is 0 Å². The van der Waals surface area contributed by atoms with Gasteiger partial charge in [-0.3, -0.25) is 0 Å². The topological polar surface area (TPSA) is 52.0 Å². The van der Waals surface area contributed by atoms with Crippen LogP contribution in [0.1, 0.15) is 0 Å². The van der Waals surface area contributed by atoms with Crippen LogP contribution in [0.3, 0.4) is 0 Å². The molecule has 2 nitrogen and oxygen atoms in total. The van der Waals surface area contributed by atoms with Gasteiger partial charge in [0.15, 0.2) is 0 Å². The first-order chi connectivity index (χ1) is 3.72. The highest BCUT2D eigenvalue weighted by Gasteiger charge is 2.03. The summed E-state index contributed by atoms with van der Waals surface area (Å²) in [5.74, 6) is 0. The molecule has 0 bridgehead atoms. The van der Waals surface area contributed by atoms with Gasteiger partial charge in [0, 0.05) is 0 Å². The minimum atomic E-state index is 0.602. The van der Waals surface area contributed by atoms with Gasteiger partial charge in [-0.15, -0.1) is 0 Å². The zero-order valence-corrected chi connectivity index (χ0v) is 4.52. The van der Waals surface area contributed by atoms with Crippen molar-refractivity contribution in [3.05, 3.63) is 35.7 Å². The Labute approximate surface area is 48.2 Å². The molecule has 0 amide bonds. The lowest BCUT2D eigenvalue weighted by molar-refractivity contribution is 1.29. The van der Waals surface area contributed by atoms with Gasteiger partial charge < -0.3 is 11.5 Å². The van der Waals surface area contributed by atoms with E-state index in [2.05, 4.69) is 6.58 Å². The van der Waals surface area contributed by atoms with Gasteiger partial charge in [-0.2, -0.15) is 0 Å². The summed E-state index contributed by atoms with van der Waals surface area (Å²) in [6.07, 6.45) is 3.54. The third-order valence-corrected chi connectivity index (χ3v) is 1.12. The molecule has 0 aliphatic heterocycles. The zero-order valence-electron chi connectivity index (χ0n) is 4.52. The number of nitrogens with two attached hydrogens (primary N) is 2. The smallest absolute Gasteiger partial charge is 0.0615 e. The second-order valence-corrected chi connectivity index (χ2v) is 1.73. The molecule has 0 unspecified atom stereocenters. The Bertz CT molecular complexity index is 183. The quantitative estimate of drug-likeness (QED) is 0.467. The van der Waals surface area contributed by atoms with Crippen LogP contribution in [-0.2, 0) is 0 Å². The van der Waals surface area contributed by atoms with E-state index in [0.717, 1.165) is 5.57 Å². The molecule has 1 aliphatic carbocycles. The van der Waals surface area contributed by atoms with Crippen molar-refractivity contribution in [2.45, 2.75) is 0 Å². The molecule has 0 saturated carbocycles. The van der Waals surface area contributed by atoms with Gasteiger partial charge in [0.1, 0.15) is 0 Å². The van der Waals surface area contributed by atoms with Crippen molar-refractivity contribution in [1.29, 1.82) is 0 Å². The van der Waals surface area contributed by atoms with E-state index in [1.54, 1.807) is 12.2 Å². The first-order valence-electron chi connectivity index (χ1n) is 2.34. The Morgan fingerprint density at radius 1 is 1.25 bits per heavy atom. The fourth-order valence-corrected chi connectivity index (χ4v) is 0.555. The van der Waals surface area contributed by atoms with Crippen LogP contribution in [0.5, 0.6) is 0 Å². The molecule has 8 heavy (non-hydrogen) atoms. The maximum Gasteiger partial charge on any atom is 0.0615 e. The minimum Gasteiger partial charge on any atom is -0.397 e. The van der Waals surface area contributed by atoms with Crippen LogP contribution >= 0.6 is 0 Å². The molecule has 4 N–H and O–H groups in total. The maximum atomic E-state index is 5.41. The van der Waals surface area contributed by atoms with E-state index in [1.807, 2.05) is 0 Å². The predicted octanol–water partition coefficient (Wildman–Crippen LogP) is 0.241. The van der Waals surface area contributed by atoms with E-state index >= 15 is 0 Å². The number of hydrogen-bond donors (Lipinski definition) is 2. The lowest BCUT2D eigenvalue weighted by Crippen LogP contribution is -2.03. The second kappa shape index (κ2) is 1.40. The normalized spacial score (nSPS) is 18.2. The van der Waals surface area contributed by atoms with Crippen molar-refractivity contribution in [3.63, 3.8) is 0 Å². The van der Waals surface area contributed by atoms with Crippen LogP contribution in [-0.4, -0.2) is 0 Å². The van der Waals surface area contributed by atoms with Crippen molar-refractivity contribution in [3.8, 4) is 0 Å². The summed E-state index contributed by atoms with van der Waals surface area (Å²) in [5.41, 5.74) is 12.8. The van der Waals surface area contributed by atoms with Crippen molar-refractivity contribution in [2.75, 3.05) is 0 Å². The highest BCUT2D eigenvalue weighted by molar-refractivity contribution is 5.48. The number of allylic oxidation sites excluding steroid dienone is 2. The molecule has 0 spiro atoms. The molecule has 0 aromatic carbocycles. The first-order valence-corrected chi connectivity index (χ1v) is 2.34. The largest absolute Gasteiger partial charge is 0.397 e. The lowest BCUT2D eigenvalue weighted by Gasteiger charge is -1.92. The molecule has 0 aromatic heterocycles. The van der Waals surface area contributed by atoms with Crippen molar-refractivity contribution < 1.29 is 0 Å². The Morgan fingerprint density at radius 3 is 2.00 bits per heavy atom. The van der Waals surface area contributed by atoms with Crippen LogP contribution in [0.2, 0.25) is 0 Å². The molecule has 0 fully saturated rings. The van der Waals surface area contributed by atoms with E-state index < -0.39 is 0 Å². The first kappa shape index (κ1) is 4.97. The molecular formula is C6H8N2. The van der Waals surface area contributed by atoms with Gasteiger partial charge in [-0.25, -0.2) is 0 Å². The van der Waals surface area contributed by atoms with Crippen LogP contribution in [0.15, 0.2) is 35.7 Å². The summed E-state index contributed by atoms with van der Waals surface area (Å²) in [5, 5.41) is 0. The number of rotatable bonds is 0. The Hall–Kier alpha value is -1.18. The summed E-state index contributed by atoms with van der Waals surface area (Å²) in [4.78, 5) is 0. The summed E-state index contributed by atoms with van der Waals surface area (Å²) in [7, 11) is 0. The Kier molecular flexibility index (Phi) is 0.870. The monoisotopic (exact) mass is 108 g/mol. The van der Waals surface area contributed by atoms with E-state index in [0.29, 0.717) is 11.4 Å². The average Bonchev–Trinajstić information content (AvgIpc) is 1.98. The van der Waals surface area contributed by atoms with Crippen molar-refractivity contribution in [1.82, 2.24) is 0 Å². The average molecular weight is 108 g/mol. The van der Waals surface area contributed by atoms with E-state index in [1.165, 1.54) is 0 Å². The minimum absolute atomic E-state index is 0.602. The van der Waals surface area contributed by atoms with E-state index in [-0.39, 0.29) is 0 Å². The molecule has 1 rings (SSSR count). The van der Waals surface area contributed by atoms with Gasteiger partial charge in [0.25, 0.3) is 0 Å². The number of hydrogen-bond acceptors (Lipinski definition) is 2. The maximum absolute atomic E-state index is 5.41. The molecule has 2 heteroatoms. The molecule has 1 aliphatic rings. The van der Waals surface area contributed by atoms with Gasteiger partial charge in [0.05, 0.1) is 11.4 Å². The van der Waals surface area contributed by atoms with Crippen LogP contribution in [0.4, 0.5) is 0 Å².